The van der Waals surface area contributed by atoms with Gasteiger partial charge in [0.05, 0.1) is 19.3 Å². The molecule has 10 heteroatoms. The molecule has 2 atom stereocenters. The fourth-order valence-electron chi connectivity index (χ4n) is 2.66. The number of para-hydroxylation sites is 2. The number of hydrogen-bond acceptors (Lipinski definition) is 8. The Morgan fingerprint density at radius 1 is 1.18 bits per heavy atom. The zero-order valence-electron chi connectivity index (χ0n) is 18.0. The van der Waals surface area contributed by atoms with E-state index in [2.05, 4.69) is 11.4 Å². The predicted octanol–water partition coefficient (Wildman–Crippen LogP) is 3.00. The van der Waals surface area contributed by atoms with Gasteiger partial charge in [-0.3, -0.25) is 0 Å². The Labute approximate surface area is 201 Å². The number of nitrogens with one attached hydrogen (secondary N) is 1. The molecule has 0 radical (unpaired) electrons. The second-order valence-electron chi connectivity index (χ2n) is 6.80. The molecule has 0 aromatic heterocycles. The highest BCUT2D eigenvalue weighted by atomic mass is 32.2. The minimum atomic E-state index is -1.26. The van der Waals surface area contributed by atoms with Crippen LogP contribution in [0.5, 0.6) is 11.5 Å². The normalized spacial score (nSPS) is 15.9. The molecule has 0 fully saturated rings. The average Bonchev–Trinajstić information content (AvgIpc) is 3.03. The molecule has 3 rings (SSSR count). The van der Waals surface area contributed by atoms with Crippen molar-refractivity contribution in [1.82, 2.24) is 5.32 Å². The third kappa shape index (κ3) is 10.2. The maximum absolute atomic E-state index is 10.3. The number of thioether (sulfide) groups is 2. The highest BCUT2D eigenvalue weighted by molar-refractivity contribution is 7.99. The number of fused-ring (bicyclic) bond motifs is 1. The summed E-state index contributed by atoms with van der Waals surface area (Å²) in [6.45, 7) is 1.17. The van der Waals surface area contributed by atoms with Crippen molar-refractivity contribution in [1.29, 1.82) is 0 Å². The van der Waals surface area contributed by atoms with Gasteiger partial charge in [0.25, 0.3) is 0 Å². The molecule has 0 saturated carbocycles. The Morgan fingerprint density at radius 2 is 1.85 bits per heavy atom. The number of benzene rings is 2. The molecule has 0 aliphatic carbocycles. The second kappa shape index (κ2) is 14.5. The summed E-state index contributed by atoms with van der Waals surface area (Å²) in [5.74, 6) is 0.834. The topological polar surface area (TPSA) is 125 Å². The molecule has 33 heavy (non-hydrogen) atoms. The number of ether oxygens (including phenoxy) is 2. The Hall–Kier alpha value is -2.66. The molecule has 0 saturated heterocycles. The van der Waals surface area contributed by atoms with Crippen molar-refractivity contribution in [2.45, 2.75) is 21.9 Å². The lowest BCUT2D eigenvalue weighted by molar-refractivity contribution is -0.134. The number of methoxy groups -OCH3 is 1. The average molecular weight is 494 g/mol. The van der Waals surface area contributed by atoms with Crippen LogP contribution < -0.4 is 14.8 Å². The van der Waals surface area contributed by atoms with Crippen LogP contribution in [-0.4, -0.2) is 71.2 Å². The quantitative estimate of drug-likeness (QED) is 0.306. The summed E-state index contributed by atoms with van der Waals surface area (Å²) in [7, 11) is 1.67. The molecule has 178 valence electrons. The molecule has 8 nitrogen and oxygen atoms in total. The number of aliphatic carboxylic acids is 2. The van der Waals surface area contributed by atoms with Crippen LogP contribution in [0.4, 0.5) is 0 Å². The minimum absolute atomic E-state index is 0.225. The summed E-state index contributed by atoms with van der Waals surface area (Å²) in [5, 5.41) is 29.3. The van der Waals surface area contributed by atoms with E-state index in [0.29, 0.717) is 31.1 Å². The van der Waals surface area contributed by atoms with Crippen molar-refractivity contribution in [3.63, 3.8) is 0 Å². The van der Waals surface area contributed by atoms with E-state index in [1.165, 1.54) is 4.90 Å². The van der Waals surface area contributed by atoms with Crippen LogP contribution >= 0.6 is 23.5 Å². The Bertz CT molecular complexity index is 896. The Morgan fingerprint density at radius 3 is 2.55 bits per heavy atom. The van der Waals surface area contributed by atoms with Gasteiger partial charge in [-0.25, -0.2) is 9.59 Å². The van der Waals surface area contributed by atoms with Gasteiger partial charge in [0, 0.05) is 40.0 Å². The van der Waals surface area contributed by atoms with E-state index in [4.69, 9.17) is 19.7 Å². The number of aliphatic hydroxyl groups excluding tert-OH is 1. The molecule has 0 amide bonds. The summed E-state index contributed by atoms with van der Waals surface area (Å²) < 4.78 is 11.2. The highest BCUT2D eigenvalue weighted by Crippen LogP contribution is 2.32. The van der Waals surface area contributed by atoms with E-state index in [0.717, 1.165) is 22.1 Å². The molecule has 0 spiro atoms. The Balaban J connectivity index is 0.000000414. The van der Waals surface area contributed by atoms with Gasteiger partial charge >= 0.3 is 11.9 Å². The molecule has 2 aromatic carbocycles. The van der Waals surface area contributed by atoms with Crippen molar-refractivity contribution < 1.29 is 34.4 Å². The summed E-state index contributed by atoms with van der Waals surface area (Å²) in [6, 6.07) is 16.2. The van der Waals surface area contributed by atoms with Crippen molar-refractivity contribution >= 4 is 35.5 Å². The first kappa shape index (κ1) is 26.6. The number of carboxylic acid groups (broad SMARTS) is 2. The van der Waals surface area contributed by atoms with Crippen LogP contribution in [0.25, 0.3) is 0 Å². The molecule has 1 aliphatic heterocycles. The van der Waals surface area contributed by atoms with E-state index >= 15 is 0 Å². The van der Waals surface area contributed by atoms with Gasteiger partial charge in [-0.15, -0.1) is 23.5 Å². The standard InChI is InChI=1S/C19H23NO3S2.C4H4O4/c1-22-16-6-2-4-8-18(16)25-13-15(21)10-20-14-11-23-17-7-3-5-9-19(17)24-12-14;5-3(6)1-2-4(7)8/h2-9,14-15,20-21H,10-13H2,1H3;1-2H,(H,5,6)(H,7,8)/b;2-1-/t14-,15+;/m1./s1. The lowest BCUT2D eigenvalue weighted by atomic mass is 10.3. The molecule has 1 heterocycles. The highest BCUT2D eigenvalue weighted by Gasteiger charge is 2.18. The van der Waals surface area contributed by atoms with Crippen LogP contribution in [0.3, 0.4) is 0 Å². The van der Waals surface area contributed by atoms with Gasteiger partial charge in [-0.1, -0.05) is 24.3 Å². The zero-order valence-corrected chi connectivity index (χ0v) is 19.7. The van der Waals surface area contributed by atoms with Crippen LogP contribution in [0.2, 0.25) is 0 Å². The summed E-state index contributed by atoms with van der Waals surface area (Å²) in [4.78, 5) is 21.3. The largest absolute Gasteiger partial charge is 0.496 e. The third-order valence-corrected chi connectivity index (χ3v) is 6.66. The number of rotatable bonds is 9. The number of carbonyl (C=O) groups is 2. The smallest absolute Gasteiger partial charge is 0.328 e. The molecule has 2 aromatic rings. The van der Waals surface area contributed by atoms with Gasteiger partial charge in [0.2, 0.25) is 0 Å². The minimum Gasteiger partial charge on any atom is -0.496 e. The van der Waals surface area contributed by atoms with Crippen LogP contribution in [0.15, 0.2) is 70.5 Å². The zero-order chi connectivity index (χ0) is 24.1. The number of carboxylic acids is 2. The monoisotopic (exact) mass is 493 g/mol. The van der Waals surface area contributed by atoms with E-state index < -0.39 is 18.0 Å². The number of aliphatic hydroxyl groups is 1. The maximum atomic E-state index is 10.3. The van der Waals surface area contributed by atoms with Crippen molar-refractivity contribution in [2.24, 2.45) is 0 Å². The van der Waals surface area contributed by atoms with Crippen molar-refractivity contribution in [2.75, 3.05) is 31.8 Å². The van der Waals surface area contributed by atoms with Gasteiger partial charge in [-0.05, 0) is 24.3 Å². The first-order valence-corrected chi connectivity index (χ1v) is 12.0. The van der Waals surface area contributed by atoms with E-state index in [9.17, 15) is 14.7 Å². The van der Waals surface area contributed by atoms with E-state index in [-0.39, 0.29) is 6.04 Å². The van der Waals surface area contributed by atoms with Gasteiger partial charge in [0.15, 0.2) is 0 Å². The fourth-order valence-corrected chi connectivity index (χ4v) is 4.66. The molecule has 0 unspecified atom stereocenters. The van der Waals surface area contributed by atoms with Crippen LogP contribution in [-0.2, 0) is 9.59 Å². The lowest BCUT2D eigenvalue weighted by Gasteiger charge is -2.18. The van der Waals surface area contributed by atoms with Gasteiger partial charge < -0.3 is 30.1 Å². The van der Waals surface area contributed by atoms with E-state index in [1.54, 1.807) is 30.6 Å². The fraction of sp³-hybridized carbons (Fsp3) is 0.304. The van der Waals surface area contributed by atoms with Crippen molar-refractivity contribution in [3.8, 4) is 11.5 Å². The summed E-state index contributed by atoms with van der Waals surface area (Å²) in [6.07, 6.45) is 0.690. The Kier molecular flexibility index (Phi) is 11.7. The first-order chi connectivity index (χ1) is 15.9. The molecular weight excluding hydrogens is 466 g/mol. The molecular formula is C23H27NO7S2. The SMILES string of the molecule is COc1ccccc1SC[C@@H](O)CN[C@@H]1COc2ccccc2SC1.O=C(O)/C=C\C(=O)O. The number of hydrogen-bond donors (Lipinski definition) is 4. The maximum Gasteiger partial charge on any atom is 0.328 e. The van der Waals surface area contributed by atoms with Crippen molar-refractivity contribution in [3.05, 3.63) is 60.7 Å². The predicted molar refractivity (Wildman–Crippen MR) is 129 cm³/mol. The molecule has 4 N–H and O–H groups in total. The van der Waals surface area contributed by atoms with Gasteiger partial charge in [0.1, 0.15) is 18.1 Å². The van der Waals surface area contributed by atoms with Crippen LogP contribution in [0.1, 0.15) is 0 Å². The second-order valence-corrected chi connectivity index (χ2v) is 8.92. The first-order valence-electron chi connectivity index (χ1n) is 10.0. The molecule has 1 aliphatic rings. The third-order valence-electron chi connectivity index (χ3n) is 4.24. The van der Waals surface area contributed by atoms with E-state index in [1.807, 2.05) is 42.5 Å². The summed E-state index contributed by atoms with van der Waals surface area (Å²) >= 11 is 3.40. The van der Waals surface area contributed by atoms with Gasteiger partial charge in [-0.2, -0.15) is 0 Å². The lowest BCUT2D eigenvalue weighted by Crippen LogP contribution is -2.41. The van der Waals surface area contributed by atoms with Crippen LogP contribution in [0, 0.1) is 0 Å². The molecule has 0 bridgehead atoms. The summed E-state index contributed by atoms with van der Waals surface area (Å²) in [5.41, 5.74) is 0.